The number of benzene rings is 2. The predicted octanol–water partition coefficient (Wildman–Crippen LogP) is 2.40. The van der Waals surface area contributed by atoms with E-state index in [9.17, 15) is 23.2 Å². The van der Waals surface area contributed by atoms with Crippen molar-refractivity contribution in [2.45, 2.75) is 19.8 Å². The molecule has 0 spiro atoms. The van der Waals surface area contributed by atoms with Gasteiger partial charge in [-0.15, -0.1) is 0 Å². The summed E-state index contributed by atoms with van der Waals surface area (Å²) < 4.78 is 26.3. The maximum Gasteiger partial charge on any atom is 0.254 e. The first-order valence-corrected chi connectivity index (χ1v) is 8.78. The van der Waals surface area contributed by atoms with Crippen molar-refractivity contribution in [1.29, 1.82) is 0 Å². The third kappa shape index (κ3) is 6.15. The van der Waals surface area contributed by atoms with Gasteiger partial charge in [-0.1, -0.05) is 25.1 Å². The molecule has 3 amide bonds. The maximum atomic E-state index is 13.5. The largest absolute Gasteiger partial charge is 0.351 e. The minimum Gasteiger partial charge on any atom is -0.351 e. The third-order valence-corrected chi connectivity index (χ3v) is 3.93. The molecule has 2 rings (SSSR count). The summed E-state index contributed by atoms with van der Waals surface area (Å²) in [4.78, 5) is 35.6. The summed E-state index contributed by atoms with van der Waals surface area (Å²) in [5.74, 6) is -3.33. The first-order valence-electron chi connectivity index (χ1n) is 8.78. The molecule has 0 atom stereocenters. The molecule has 3 N–H and O–H groups in total. The molecule has 0 fully saturated rings. The van der Waals surface area contributed by atoms with Crippen LogP contribution in [-0.2, 0) is 16.0 Å². The maximum absolute atomic E-state index is 13.5. The van der Waals surface area contributed by atoms with Gasteiger partial charge >= 0.3 is 0 Å². The van der Waals surface area contributed by atoms with Crippen molar-refractivity contribution < 1.29 is 23.2 Å². The molecule has 0 aliphatic heterocycles. The van der Waals surface area contributed by atoms with Gasteiger partial charge in [-0.25, -0.2) is 8.78 Å². The zero-order valence-corrected chi connectivity index (χ0v) is 15.4. The summed E-state index contributed by atoms with van der Waals surface area (Å²) in [7, 11) is 0. The van der Waals surface area contributed by atoms with Gasteiger partial charge in [0.25, 0.3) is 5.91 Å². The van der Waals surface area contributed by atoms with Crippen LogP contribution in [0.25, 0.3) is 0 Å². The molecule has 28 heavy (non-hydrogen) atoms. The Morgan fingerprint density at radius 3 is 2.43 bits per heavy atom. The zero-order chi connectivity index (χ0) is 20.5. The fraction of sp³-hybridized carbons (Fsp3) is 0.250. The van der Waals surface area contributed by atoms with E-state index in [-0.39, 0.29) is 31.0 Å². The van der Waals surface area contributed by atoms with Crippen molar-refractivity contribution >= 4 is 23.4 Å². The smallest absolute Gasteiger partial charge is 0.254 e. The van der Waals surface area contributed by atoms with E-state index in [4.69, 9.17) is 0 Å². The number of carbonyl (C=O) groups is 3. The number of anilines is 1. The number of hydrogen-bond acceptors (Lipinski definition) is 3. The number of rotatable bonds is 8. The third-order valence-electron chi connectivity index (χ3n) is 3.93. The lowest BCUT2D eigenvalue weighted by atomic mass is 10.1. The van der Waals surface area contributed by atoms with Gasteiger partial charge in [0.1, 0.15) is 11.6 Å². The highest BCUT2D eigenvalue weighted by Crippen LogP contribution is 2.15. The molecule has 0 saturated carbocycles. The van der Waals surface area contributed by atoms with Crippen molar-refractivity contribution in [3.05, 3.63) is 65.2 Å². The Labute approximate surface area is 161 Å². The first-order chi connectivity index (χ1) is 13.4. The molecule has 0 unspecified atom stereocenters. The lowest BCUT2D eigenvalue weighted by molar-refractivity contribution is -0.124. The van der Waals surface area contributed by atoms with Gasteiger partial charge in [0.05, 0.1) is 12.1 Å². The van der Waals surface area contributed by atoms with Crippen LogP contribution in [0.3, 0.4) is 0 Å². The molecule has 0 heterocycles. The van der Waals surface area contributed by atoms with E-state index in [0.717, 1.165) is 24.1 Å². The van der Waals surface area contributed by atoms with Crippen LogP contribution in [0.2, 0.25) is 0 Å². The number of halogens is 2. The quantitative estimate of drug-likeness (QED) is 0.648. The summed E-state index contributed by atoms with van der Waals surface area (Å²) >= 11 is 0. The van der Waals surface area contributed by atoms with E-state index in [1.807, 2.05) is 19.1 Å². The Bertz CT molecular complexity index is 872. The molecule has 0 saturated heterocycles. The standard InChI is InChI=1S/C20H21F2N3O3/c1-2-13-5-3-4-6-17(13)25-19(27)12-24-18(26)9-10-23-20(28)15-8-7-14(21)11-16(15)22/h3-8,11H,2,9-10,12H2,1H3,(H,23,28)(H,24,26)(H,25,27). The van der Waals surface area contributed by atoms with E-state index in [2.05, 4.69) is 16.0 Å². The molecular formula is C20H21F2N3O3. The van der Waals surface area contributed by atoms with Crippen LogP contribution in [0.15, 0.2) is 42.5 Å². The monoisotopic (exact) mass is 389 g/mol. The van der Waals surface area contributed by atoms with Gasteiger partial charge in [-0.3, -0.25) is 14.4 Å². The first kappa shape index (κ1) is 21.0. The molecule has 6 nitrogen and oxygen atoms in total. The summed E-state index contributed by atoms with van der Waals surface area (Å²) in [5.41, 5.74) is 1.37. The minimum absolute atomic E-state index is 0.0538. The minimum atomic E-state index is -0.981. The lowest BCUT2D eigenvalue weighted by Gasteiger charge is -2.10. The van der Waals surface area contributed by atoms with Gasteiger partial charge in [0.15, 0.2) is 0 Å². The molecule has 0 aliphatic carbocycles. The van der Waals surface area contributed by atoms with Crippen LogP contribution < -0.4 is 16.0 Å². The number of hydrogen-bond donors (Lipinski definition) is 3. The molecule has 148 valence electrons. The Kier molecular flexibility index (Phi) is 7.62. The van der Waals surface area contributed by atoms with Crippen LogP contribution in [0, 0.1) is 11.6 Å². The van der Waals surface area contributed by atoms with Crippen molar-refractivity contribution in [2.24, 2.45) is 0 Å². The second kappa shape index (κ2) is 10.1. The van der Waals surface area contributed by atoms with Gasteiger partial charge in [-0.05, 0) is 30.2 Å². The van der Waals surface area contributed by atoms with Crippen LogP contribution in [0.1, 0.15) is 29.3 Å². The molecule has 0 aromatic heterocycles. The fourth-order valence-electron chi connectivity index (χ4n) is 2.47. The summed E-state index contributed by atoms with van der Waals surface area (Å²) in [5, 5.41) is 7.54. The lowest BCUT2D eigenvalue weighted by Crippen LogP contribution is -2.35. The molecular weight excluding hydrogens is 368 g/mol. The van der Waals surface area contributed by atoms with Gasteiger partial charge < -0.3 is 16.0 Å². The van der Waals surface area contributed by atoms with E-state index in [1.165, 1.54) is 0 Å². The van der Waals surface area contributed by atoms with Crippen LogP contribution in [-0.4, -0.2) is 30.8 Å². The van der Waals surface area contributed by atoms with E-state index >= 15 is 0 Å². The highest BCUT2D eigenvalue weighted by molar-refractivity contribution is 5.96. The summed E-state index contributed by atoms with van der Waals surface area (Å²) in [6.07, 6.45) is 0.671. The van der Waals surface area contributed by atoms with Crippen molar-refractivity contribution in [1.82, 2.24) is 10.6 Å². The van der Waals surface area contributed by atoms with Crippen LogP contribution in [0.4, 0.5) is 14.5 Å². The molecule has 8 heteroatoms. The molecule has 2 aromatic carbocycles. The Balaban J connectivity index is 1.72. The van der Waals surface area contributed by atoms with E-state index in [1.54, 1.807) is 12.1 Å². The van der Waals surface area contributed by atoms with Crippen molar-refractivity contribution in [3.8, 4) is 0 Å². The number of aryl methyl sites for hydroxylation is 1. The predicted molar refractivity (Wildman–Crippen MR) is 101 cm³/mol. The average Bonchev–Trinajstić information content (AvgIpc) is 2.66. The topological polar surface area (TPSA) is 87.3 Å². The average molecular weight is 389 g/mol. The highest BCUT2D eigenvalue weighted by atomic mass is 19.1. The van der Waals surface area contributed by atoms with Crippen molar-refractivity contribution in [3.63, 3.8) is 0 Å². The Hall–Kier alpha value is -3.29. The van der Waals surface area contributed by atoms with E-state index < -0.39 is 23.4 Å². The summed E-state index contributed by atoms with van der Waals surface area (Å²) in [6, 6.07) is 9.97. The molecule has 0 bridgehead atoms. The fourth-order valence-corrected chi connectivity index (χ4v) is 2.47. The number of nitrogens with one attached hydrogen (secondary N) is 3. The number of para-hydroxylation sites is 1. The Morgan fingerprint density at radius 1 is 0.964 bits per heavy atom. The second-order valence-electron chi connectivity index (χ2n) is 5.97. The second-order valence-corrected chi connectivity index (χ2v) is 5.97. The van der Waals surface area contributed by atoms with Gasteiger partial charge in [0.2, 0.25) is 11.8 Å². The van der Waals surface area contributed by atoms with Crippen LogP contribution in [0.5, 0.6) is 0 Å². The number of carbonyl (C=O) groups excluding carboxylic acids is 3. The van der Waals surface area contributed by atoms with Crippen molar-refractivity contribution in [2.75, 3.05) is 18.4 Å². The molecule has 0 radical (unpaired) electrons. The molecule has 0 aliphatic rings. The van der Waals surface area contributed by atoms with Crippen LogP contribution >= 0.6 is 0 Å². The summed E-state index contributed by atoms with van der Waals surface area (Å²) in [6.45, 7) is 1.71. The Morgan fingerprint density at radius 2 is 1.71 bits per heavy atom. The highest BCUT2D eigenvalue weighted by Gasteiger charge is 2.13. The number of amides is 3. The van der Waals surface area contributed by atoms with Gasteiger partial charge in [0, 0.05) is 24.7 Å². The zero-order valence-electron chi connectivity index (χ0n) is 15.4. The van der Waals surface area contributed by atoms with Gasteiger partial charge in [-0.2, -0.15) is 0 Å². The normalized spacial score (nSPS) is 10.2. The molecule has 2 aromatic rings. The SMILES string of the molecule is CCc1ccccc1NC(=O)CNC(=O)CCNC(=O)c1ccc(F)cc1F. The van der Waals surface area contributed by atoms with E-state index in [0.29, 0.717) is 11.8 Å².